The summed E-state index contributed by atoms with van der Waals surface area (Å²) in [6.07, 6.45) is 8.96. The van der Waals surface area contributed by atoms with E-state index in [4.69, 9.17) is 10.0 Å². The lowest BCUT2D eigenvalue weighted by atomic mass is 9.91. The lowest BCUT2D eigenvalue weighted by Crippen LogP contribution is -2.06. The van der Waals surface area contributed by atoms with Crippen LogP contribution >= 0.6 is 31.9 Å². The van der Waals surface area contributed by atoms with Crippen LogP contribution in [0.3, 0.4) is 0 Å². The molecule has 0 radical (unpaired) electrons. The minimum Gasteiger partial charge on any atom is -0.424 e. The van der Waals surface area contributed by atoms with Gasteiger partial charge in [0.15, 0.2) is 0 Å². The third-order valence-corrected chi connectivity index (χ3v) is 3.70. The lowest BCUT2D eigenvalue weighted by molar-refractivity contribution is 0.424. The lowest BCUT2D eigenvalue weighted by Gasteiger charge is -1.95. The van der Waals surface area contributed by atoms with E-state index in [0.29, 0.717) is 0 Å². The van der Waals surface area contributed by atoms with E-state index in [0.717, 1.165) is 23.7 Å². The number of allylic oxidation sites excluding steroid dienone is 3. The molecule has 0 amide bonds. The molecule has 0 saturated carbocycles. The maximum absolute atomic E-state index is 8.47. The molecule has 0 atom stereocenters. The van der Waals surface area contributed by atoms with E-state index in [1.165, 1.54) is 29.7 Å². The van der Waals surface area contributed by atoms with Gasteiger partial charge in [-0.25, -0.2) is 0 Å². The predicted octanol–water partition coefficient (Wildman–Crippen LogP) is 4.94. The van der Waals surface area contributed by atoms with Crippen molar-refractivity contribution in [3.8, 4) is 0 Å². The van der Waals surface area contributed by atoms with Crippen LogP contribution in [0.15, 0.2) is 21.0 Å². The van der Waals surface area contributed by atoms with Crippen LogP contribution in [-0.2, 0) is 0 Å². The fraction of sp³-hybridized carbons (Fsp3) is 0.692. The van der Waals surface area contributed by atoms with E-state index in [-0.39, 0.29) is 0 Å². The number of hydrogen-bond donors (Lipinski definition) is 2. The summed E-state index contributed by atoms with van der Waals surface area (Å²) < 4.78 is 2.20. The normalized spacial score (nSPS) is 11.9. The Morgan fingerprint density at radius 1 is 1.00 bits per heavy atom. The van der Waals surface area contributed by atoms with Crippen LogP contribution in [-0.4, -0.2) is 17.2 Å². The molecule has 0 spiro atoms. The van der Waals surface area contributed by atoms with Gasteiger partial charge in [-0.05, 0) is 47.5 Å². The van der Waals surface area contributed by atoms with E-state index in [2.05, 4.69) is 58.7 Å². The summed E-state index contributed by atoms with van der Waals surface area (Å²) in [5.41, 5.74) is 0. The highest BCUT2D eigenvalue weighted by atomic mass is 79.9. The van der Waals surface area contributed by atoms with Gasteiger partial charge in [-0.15, -0.1) is 0 Å². The second-order valence-corrected chi connectivity index (χ2v) is 6.01. The monoisotopic (exact) mass is 382 g/mol. The van der Waals surface area contributed by atoms with Gasteiger partial charge in [-0.2, -0.15) is 0 Å². The van der Waals surface area contributed by atoms with Crippen molar-refractivity contribution >= 4 is 39.0 Å². The molecule has 0 bridgehead atoms. The summed E-state index contributed by atoms with van der Waals surface area (Å²) in [6.45, 7) is 6.35. The predicted molar refractivity (Wildman–Crippen MR) is 88.9 cm³/mol. The van der Waals surface area contributed by atoms with Crippen LogP contribution < -0.4 is 0 Å². The molecule has 0 saturated heterocycles. The summed E-state index contributed by atoms with van der Waals surface area (Å²) in [5, 5.41) is 16.9. The maximum atomic E-state index is 8.47. The molecule has 18 heavy (non-hydrogen) atoms. The zero-order valence-corrected chi connectivity index (χ0v) is 14.8. The van der Waals surface area contributed by atoms with Crippen LogP contribution in [0.25, 0.3) is 0 Å². The largest absolute Gasteiger partial charge is 0.481 e. The van der Waals surface area contributed by atoms with Crippen molar-refractivity contribution in [3.63, 3.8) is 0 Å². The van der Waals surface area contributed by atoms with Crippen molar-refractivity contribution in [3.05, 3.63) is 21.0 Å². The summed E-state index contributed by atoms with van der Waals surface area (Å²) >= 11 is 6.66. The number of rotatable bonds is 7. The highest BCUT2D eigenvalue weighted by Gasteiger charge is 2.01. The molecule has 0 unspecified atom stereocenters. The van der Waals surface area contributed by atoms with Crippen LogP contribution in [0, 0.1) is 0 Å². The third-order valence-electron chi connectivity index (χ3n) is 2.18. The molecule has 0 aromatic carbocycles. The van der Waals surface area contributed by atoms with Crippen LogP contribution in [0.5, 0.6) is 0 Å². The Morgan fingerprint density at radius 2 is 1.44 bits per heavy atom. The molecule has 0 aromatic rings. The van der Waals surface area contributed by atoms with Gasteiger partial charge in [0.2, 0.25) is 0 Å². The Hall–Kier alpha value is 0.425. The molecule has 0 heterocycles. The summed E-state index contributed by atoms with van der Waals surface area (Å²) in [4.78, 5) is 0. The molecule has 0 rings (SSSR count). The second kappa shape index (κ2) is 15.5. The standard InChI is InChI=1S/C7H13Br.C6H12BBrO2/c1-3-5-6-7(8)4-2;1-2-3-4-6(8)5-7(9)10/h4H,3,5-6H2,1-2H3;5,9-10H,2-4H2,1H3/b7-4-;6-5-. The molecule has 0 fully saturated rings. The first-order valence-corrected chi connectivity index (χ1v) is 8.09. The van der Waals surface area contributed by atoms with Crippen molar-refractivity contribution < 1.29 is 10.0 Å². The smallest absolute Gasteiger partial charge is 0.424 e. The van der Waals surface area contributed by atoms with Gasteiger partial charge in [0.05, 0.1) is 0 Å². The summed E-state index contributed by atoms with van der Waals surface area (Å²) in [5.74, 6) is 1.38. The fourth-order valence-electron chi connectivity index (χ4n) is 1.08. The Balaban J connectivity index is 0. The van der Waals surface area contributed by atoms with Crippen molar-refractivity contribution in [1.82, 2.24) is 0 Å². The van der Waals surface area contributed by atoms with Gasteiger partial charge < -0.3 is 10.0 Å². The van der Waals surface area contributed by atoms with E-state index >= 15 is 0 Å². The molecule has 0 aliphatic heterocycles. The number of unbranched alkanes of at least 4 members (excludes halogenated alkanes) is 2. The molecular formula is C13H25BBr2O2. The molecule has 2 N–H and O–H groups in total. The highest BCUT2D eigenvalue weighted by Crippen LogP contribution is 2.13. The molecular weight excluding hydrogens is 359 g/mol. The van der Waals surface area contributed by atoms with Gasteiger partial charge in [0.1, 0.15) is 0 Å². The average molecular weight is 384 g/mol. The highest BCUT2D eigenvalue weighted by molar-refractivity contribution is 9.12. The first-order chi connectivity index (χ1) is 8.47. The minimum atomic E-state index is -1.33. The molecule has 5 heteroatoms. The first kappa shape index (κ1) is 20.7. The van der Waals surface area contributed by atoms with E-state index < -0.39 is 7.12 Å². The van der Waals surface area contributed by atoms with E-state index in [9.17, 15) is 0 Å². The number of hydrogen-bond acceptors (Lipinski definition) is 2. The molecule has 0 aromatic heterocycles. The third kappa shape index (κ3) is 18.8. The quantitative estimate of drug-likeness (QED) is 0.611. The zero-order valence-electron chi connectivity index (χ0n) is 11.6. The van der Waals surface area contributed by atoms with Gasteiger partial charge in [0.25, 0.3) is 0 Å². The molecule has 2 nitrogen and oxygen atoms in total. The van der Waals surface area contributed by atoms with Gasteiger partial charge in [-0.3, -0.25) is 0 Å². The van der Waals surface area contributed by atoms with E-state index in [1.54, 1.807) is 0 Å². The minimum absolute atomic E-state index is 0.865. The van der Waals surface area contributed by atoms with Gasteiger partial charge in [-0.1, -0.05) is 64.6 Å². The van der Waals surface area contributed by atoms with Crippen molar-refractivity contribution in [2.45, 2.75) is 59.3 Å². The van der Waals surface area contributed by atoms with Crippen LogP contribution in [0.2, 0.25) is 0 Å². The maximum Gasteiger partial charge on any atom is 0.481 e. The Bertz CT molecular complexity index is 241. The van der Waals surface area contributed by atoms with Crippen molar-refractivity contribution in [2.75, 3.05) is 0 Å². The zero-order chi connectivity index (χ0) is 14.4. The number of halogens is 2. The van der Waals surface area contributed by atoms with Gasteiger partial charge in [0, 0.05) is 0 Å². The van der Waals surface area contributed by atoms with Crippen LogP contribution in [0.4, 0.5) is 0 Å². The Kier molecular flexibility index (Phi) is 17.8. The van der Waals surface area contributed by atoms with Crippen molar-refractivity contribution in [1.29, 1.82) is 0 Å². The van der Waals surface area contributed by atoms with Gasteiger partial charge >= 0.3 is 7.12 Å². The fourth-order valence-corrected chi connectivity index (χ4v) is 1.88. The van der Waals surface area contributed by atoms with Crippen molar-refractivity contribution in [2.24, 2.45) is 0 Å². The molecule has 106 valence electrons. The topological polar surface area (TPSA) is 40.5 Å². The Morgan fingerprint density at radius 3 is 1.78 bits per heavy atom. The Labute approximate surface area is 129 Å². The SMILES string of the molecule is C/C=C(\Br)CCCC.CCCC/C(Br)=C/B(O)O. The first-order valence-electron chi connectivity index (χ1n) is 6.50. The molecule has 0 aliphatic rings. The van der Waals surface area contributed by atoms with Crippen LogP contribution in [0.1, 0.15) is 59.3 Å². The summed E-state index contributed by atoms with van der Waals surface area (Å²) in [6, 6.07) is 0. The molecule has 0 aliphatic carbocycles. The van der Waals surface area contributed by atoms with E-state index in [1.807, 2.05) is 0 Å². The summed E-state index contributed by atoms with van der Waals surface area (Å²) in [7, 11) is -1.33. The average Bonchev–Trinajstić information content (AvgIpc) is 2.33. The second-order valence-electron chi connectivity index (χ2n) is 3.97.